The number of carbonyl (C=O) groups excluding carboxylic acids is 2. The molecule has 1 unspecified atom stereocenters. The van der Waals surface area contributed by atoms with E-state index < -0.39 is 34.5 Å². The fourth-order valence-electron chi connectivity index (χ4n) is 3.82. The zero-order valence-electron chi connectivity index (χ0n) is 21.0. The van der Waals surface area contributed by atoms with Gasteiger partial charge in [-0.1, -0.05) is 60.7 Å². The van der Waals surface area contributed by atoms with E-state index in [9.17, 15) is 22.4 Å². The first-order valence-electron chi connectivity index (χ1n) is 11.7. The van der Waals surface area contributed by atoms with Gasteiger partial charge in [0.25, 0.3) is 0 Å². The minimum Gasteiger partial charge on any atom is -0.357 e. The zero-order valence-corrected chi connectivity index (χ0v) is 21.9. The number of likely N-dealkylation sites (N-methyl/N-ethyl adjacent to an activating group) is 1. The number of nitrogens with zero attached hydrogens (tertiary/aromatic N) is 3. The molecule has 0 aliphatic rings. The van der Waals surface area contributed by atoms with Crippen LogP contribution in [0.1, 0.15) is 11.1 Å². The van der Waals surface area contributed by atoms with Gasteiger partial charge in [0.05, 0.1) is 5.69 Å². The topological polar surface area (TPSA) is 90.0 Å². The number of halogens is 1. The van der Waals surface area contributed by atoms with Gasteiger partial charge in [-0.15, -0.1) is 0 Å². The van der Waals surface area contributed by atoms with Crippen LogP contribution in [0, 0.1) is 5.82 Å². The van der Waals surface area contributed by atoms with E-state index in [4.69, 9.17) is 0 Å². The summed E-state index contributed by atoms with van der Waals surface area (Å²) in [5, 5.41) is 2.63. The van der Waals surface area contributed by atoms with Gasteiger partial charge in [0, 0.05) is 34.1 Å². The molecule has 0 aliphatic heterocycles. The van der Waals surface area contributed by atoms with Crippen LogP contribution in [0.5, 0.6) is 0 Å². The van der Waals surface area contributed by atoms with E-state index in [1.807, 2.05) is 60.7 Å². The van der Waals surface area contributed by atoms with Gasteiger partial charge < -0.3 is 10.2 Å². The van der Waals surface area contributed by atoms with Crippen LogP contribution in [0.2, 0.25) is 0 Å². The SMILES string of the molecule is CNC(=O)C(Cc1ccccc1)N(Cc1ccccc1)C(=O)CN(c1ccc(F)cc1)S(=O)(=O)N(C)C. The van der Waals surface area contributed by atoms with E-state index in [1.54, 1.807) is 0 Å². The van der Waals surface area contributed by atoms with Gasteiger partial charge in [-0.3, -0.25) is 9.59 Å². The molecule has 0 heterocycles. The minimum absolute atomic E-state index is 0.0872. The van der Waals surface area contributed by atoms with Crippen molar-refractivity contribution in [2.24, 2.45) is 0 Å². The van der Waals surface area contributed by atoms with Crippen molar-refractivity contribution >= 4 is 27.7 Å². The number of benzene rings is 3. The van der Waals surface area contributed by atoms with Crippen LogP contribution >= 0.6 is 0 Å². The molecule has 0 aliphatic carbocycles. The van der Waals surface area contributed by atoms with Crippen LogP contribution in [-0.4, -0.2) is 63.2 Å². The maximum Gasteiger partial charge on any atom is 0.304 e. The van der Waals surface area contributed by atoms with Crippen LogP contribution < -0.4 is 9.62 Å². The van der Waals surface area contributed by atoms with E-state index in [2.05, 4.69) is 5.32 Å². The van der Waals surface area contributed by atoms with Crippen LogP contribution in [0.15, 0.2) is 84.9 Å². The Hall–Kier alpha value is -3.76. The quantitative estimate of drug-likeness (QED) is 0.416. The Morgan fingerprint density at radius 1 is 0.865 bits per heavy atom. The molecule has 37 heavy (non-hydrogen) atoms. The van der Waals surface area contributed by atoms with Gasteiger partial charge in [0.15, 0.2) is 0 Å². The molecular formula is C27H31FN4O4S. The van der Waals surface area contributed by atoms with Crippen molar-refractivity contribution in [1.29, 1.82) is 0 Å². The number of carbonyl (C=O) groups is 2. The Kier molecular flexibility index (Phi) is 9.37. The largest absolute Gasteiger partial charge is 0.357 e. The molecule has 2 amide bonds. The first kappa shape index (κ1) is 27.8. The van der Waals surface area contributed by atoms with Crippen molar-refractivity contribution in [3.8, 4) is 0 Å². The smallest absolute Gasteiger partial charge is 0.304 e. The summed E-state index contributed by atoms with van der Waals surface area (Å²) in [6.07, 6.45) is 0.232. The van der Waals surface area contributed by atoms with Gasteiger partial charge in [-0.05, 0) is 35.4 Å². The minimum atomic E-state index is -4.12. The van der Waals surface area contributed by atoms with E-state index in [0.717, 1.165) is 31.9 Å². The normalized spacial score (nSPS) is 12.1. The zero-order chi connectivity index (χ0) is 27.0. The molecule has 1 N–H and O–H groups in total. The Bertz CT molecular complexity index is 1290. The molecule has 0 bridgehead atoms. The number of nitrogens with one attached hydrogen (secondary N) is 1. The lowest BCUT2D eigenvalue weighted by molar-refractivity contribution is -0.139. The van der Waals surface area contributed by atoms with Crippen molar-refractivity contribution in [2.45, 2.75) is 19.0 Å². The predicted octanol–water partition coefficient (Wildman–Crippen LogP) is 2.82. The monoisotopic (exact) mass is 526 g/mol. The first-order valence-corrected chi connectivity index (χ1v) is 13.1. The summed E-state index contributed by atoms with van der Waals surface area (Å²) < 4.78 is 41.9. The summed E-state index contributed by atoms with van der Waals surface area (Å²) >= 11 is 0. The highest BCUT2D eigenvalue weighted by Crippen LogP contribution is 2.22. The standard InChI is InChI=1S/C27H31FN4O4S/c1-29-27(34)25(18-21-10-6-4-7-11-21)31(19-22-12-8-5-9-13-22)26(33)20-32(37(35,36)30(2)3)24-16-14-23(28)15-17-24/h4-17,25H,18-20H2,1-3H3,(H,29,34). The molecular weight excluding hydrogens is 495 g/mol. The molecule has 0 radical (unpaired) electrons. The molecule has 0 spiro atoms. The lowest BCUT2D eigenvalue weighted by Crippen LogP contribution is -2.53. The van der Waals surface area contributed by atoms with Crippen molar-refractivity contribution in [3.05, 3.63) is 102 Å². The van der Waals surface area contributed by atoms with Gasteiger partial charge in [-0.2, -0.15) is 12.7 Å². The van der Waals surface area contributed by atoms with Crippen LogP contribution in [0.4, 0.5) is 10.1 Å². The van der Waals surface area contributed by atoms with Crippen molar-refractivity contribution < 1.29 is 22.4 Å². The Balaban J connectivity index is 2.04. The number of amides is 2. The van der Waals surface area contributed by atoms with Crippen LogP contribution in [-0.2, 0) is 32.8 Å². The van der Waals surface area contributed by atoms with Crippen molar-refractivity contribution in [2.75, 3.05) is 32.0 Å². The second kappa shape index (κ2) is 12.5. The molecule has 1 atom stereocenters. The summed E-state index contributed by atoms with van der Waals surface area (Å²) in [6, 6.07) is 22.4. The fourth-order valence-corrected chi connectivity index (χ4v) is 4.88. The third kappa shape index (κ3) is 7.14. The second-order valence-electron chi connectivity index (χ2n) is 8.60. The van der Waals surface area contributed by atoms with Crippen molar-refractivity contribution in [3.63, 3.8) is 0 Å². The van der Waals surface area contributed by atoms with E-state index in [1.165, 1.54) is 38.2 Å². The number of anilines is 1. The summed E-state index contributed by atoms with van der Waals surface area (Å²) in [5.74, 6) is -1.49. The van der Waals surface area contributed by atoms with E-state index in [0.29, 0.717) is 0 Å². The Labute approximate surface area is 217 Å². The lowest BCUT2D eigenvalue weighted by Gasteiger charge is -2.34. The highest BCUT2D eigenvalue weighted by atomic mass is 32.2. The number of hydrogen-bond acceptors (Lipinski definition) is 4. The molecule has 3 aromatic rings. The molecule has 0 saturated heterocycles. The second-order valence-corrected chi connectivity index (χ2v) is 10.7. The Morgan fingerprint density at radius 2 is 1.41 bits per heavy atom. The summed E-state index contributed by atoms with van der Waals surface area (Å²) in [7, 11) is 0.0684. The molecule has 0 aromatic heterocycles. The third-order valence-electron chi connectivity index (χ3n) is 5.85. The molecule has 10 heteroatoms. The van der Waals surface area contributed by atoms with Gasteiger partial charge in [0.2, 0.25) is 11.8 Å². The molecule has 0 saturated carbocycles. The summed E-state index contributed by atoms with van der Waals surface area (Å²) in [5.41, 5.74) is 1.75. The molecule has 196 valence electrons. The van der Waals surface area contributed by atoms with Gasteiger partial charge in [-0.25, -0.2) is 8.70 Å². The van der Waals surface area contributed by atoms with Gasteiger partial charge in [0.1, 0.15) is 18.4 Å². The molecule has 8 nitrogen and oxygen atoms in total. The predicted molar refractivity (Wildman–Crippen MR) is 141 cm³/mol. The van der Waals surface area contributed by atoms with Gasteiger partial charge >= 0.3 is 10.2 Å². The first-order chi connectivity index (χ1) is 17.6. The molecule has 0 fully saturated rings. The van der Waals surface area contributed by atoms with Crippen LogP contribution in [0.25, 0.3) is 0 Å². The highest BCUT2D eigenvalue weighted by molar-refractivity contribution is 7.90. The van der Waals surface area contributed by atoms with Crippen LogP contribution in [0.3, 0.4) is 0 Å². The molecule has 3 rings (SSSR count). The van der Waals surface area contributed by atoms with E-state index in [-0.39, 0.29) is 24.6 Å². The third-order valence-corrected chi connectivity index (χ3v) is 7.67. The average molecular weight is 527 g/mol. The van der Waals surface area contributed by atoms with Crippen molar-refractivity contribution in [1.82, 2.24) is 14.5 Å². The van der Waals surface area contributed by atoms with E-state index >= 15 is 0 Å². The Morgan fingerprint density at radius 3 is 1.92 bits per heavy atom. The fraction of sp³-hybridized carbons (Fsp3) is 0.259. The maximum absolute atomic E-state index is 13.9. The average Bonchev–Trinajstić information content (AvgIpc) is 2.90. The lowest BCUT2D eigenvalue weighted by atomic mass is 10.0. The summed E-state index contributed by atoms with van der Waals surface area (Å²) in [6.45, 7) is -0.495. The number of rotatable bonds is 11. The number of hydrogen-bond donors (Lipinski definition) is 1. The highest BCUT2D eigenvalue weighted by Gasteiger charge is 2.34. The maximum atomic E-state index is 13.9. The molecule has 3 aromatic carbocycles. The summed E-state index contributed by atoms with van der Waals surface area (Å²) in [4.78, 5) is 28.3.